The summed E-state index contributed by atoms with van der Waals surface area (Å²) in [7, 11) is 0. The number of hydrogen-bond acceptors (Lipinski definition) is 4. The number of rotatable bonds is 4. The summed E-state index contributed by atoms with van der Waals surface area (Å²) in [4.78, 5) is 35.5. The Bertz CT molecular complexity index is 573. The number of benzene rings is 1. The molecule has 7 heteroatoms. The highest BCUT2D eigenvalue weighted by atomic mass is 16.6. The molecule has 0 aliphatic carbocycles. The first-order valence-electron chi connectivity index (χ1n) is 6.78. The predicted octanol–water partition coefficient (Wildman–Crippen LogP) is 0.861. The number of nitrogens with two attached hydrogens (primary N) is 1. The number of nitrogens with zero attached hydrogens (tertiary/aromatic N) is 2. The number of primary amides is 1. The van der Waals surface area contributed by atoms with Crippen LogP contribution in [-0.2, 0) is 16.0 Å². The fraction of sp³-hybridized carbons (Fsp3) is 0.429. The first kappa shape index (κ1) is 15.0. The van der Waals surface area contributed by atoms with E-state index in [-0.39, 0.29) is 23.9 Å². The smallest absolute Gasteiger partial charge is 0.273 e. The minimum Gasteiger partial charge on any atom is -0.369 e. The maximum Gasteiger partial charge on any atom is 0.273 e. The normalized spacial score (nSPS) is 18.3. The first-order valence-corrected chi connectivity index (χ1v) is 6.78. The summed E-state index contributed by atoms with van der Waals surface area (Å²) >= 11 is 0. The molecule has 2 rings (SSSR count). The lowest BCUT2D eigenvalue weighted by atomic mass is 9.97. The van der Waals surface area contributed by atoms with Gasteiger partial charge in [0.05, 0.1) is 17.3 Å². The van der Waals surface area contributed by atoms with Crippen LogP contribution in [0.15, 0.2) is 24.3 Å². The van der Waals surface area contributed by atoms with Crippen molar-refractivity contribution in [2.75, 3.05) is 13.1 Å². The fourth-order valence-corrected chi connectivity index (χ4v) is 2.55. The van der Waals surface area contributed by atoms with Gasteiger partial charge in [-0.05, 0) is 12.8 Å². The van der Waals surface area contributed by atoms with Gasteiger partial charge in [0.2, 0.25) is 11.8 Å². The van der Waals surface area contributed by atoms with Crippen LogP contribution in [0.25, 0.3) is 0 Å². The zero-order valence-corrected chi connectivity index (χ0v) is 11.5. The molecule has 0 saturated carbocycles. The van der Waals surface area contributed by atoms with E-state index < -0.39 is 10.8 Å². The molecule has 1 aliphatic heterocycles. The zero-order valence-electron chi connectivity index (χ0n) is 11.5. The molecule has 0 bridgehead atoms. The van der Waals surface area contributed by atoms with Crippen molar-refractivity contribution in [3.05, 3.63) is 39.9 Å². The number of piperidine rings is 1. The lowest BCUT2D eigenvalue weighted by molar-refractivity contribution is -0.385. The van der Waals surface area contributed by atoms with Crippen LogP contribution in [-0.4, -0.2) is 34.7 Å². The van der Waals surface area contributed by atoms with Gasteiger partial charge in [-0.2, -0.15) is 0 Å². The number of likely N-dealkylation sites (tertiary alicyclic amines) is 1. The Kier molecular flexibility index (Phi) is 4.52. The highest BCUT2D eigenvalue weighted by molar-refractivity contribution is 5.82. The molecule has 2 amide bonds. The van der Waals surface area contributed by atoms with E-state index in [1.807, 2.05) is 0 Å². The van der Waals surface area contributed by atoms with Crippen LogP contribution < -0.4 is 5.73 Å². The van der Waals surface area contributed by atoms with Crippen LogP contribution in [0.5, 0.6) is 0 Å². The third kappa shape index (κ3) is 3.56. The monoisotopic (exact) mass is 291 g/mol. The van der Waals surface area contributed by atoms with Crippen molar-refractivity contribution in [3.8, 4) is 0 Å². The second-order valence-corrected chi connectivity index (χ2v) is 5.14. The topological polar surface area (TPSA) is 107 Å². The van der Waals surface area contributed by atoms with E-state index in [0.29, 0.717) is 25.1 Å². The van der Waals surface area contributed by atoms with Crippen molar-refractivity contribution in [2.45, 2.75) is 19.3 Å². The van der Waals surface area contributed by atoms with Gasteiger partial charge in [0.25, 0.3) is 5.69 Å². The molecule has 1 atom stereocenters. The lowest BCUT2D eigenvalue weighted by Crippen LogP contribution is -2.44. The van der Waals surface area contributed by atoms with Crippen molar-refractivity contribution in [1.29, 1.82) is 0 Å². The second-order valence-electron chi connectivity index (χ2n) is 5.14. The number of nitro groups is 1. The van der Waals surface area contributed by atoms with Gasteiger partial charge in [-0.1, -0.05) is 18.2 Å². The first-order chi connectivity index (χ1) is 9.99. The number of para-hydroxylation sites is 1. The van der Waals surface area contributed by atoms with Crippen molar-refractivity contribution in [1.82, 2.24) is 4.90 Å². The van der Waals surface area contributed by atoms with E-state index in [1.165, 1.54) is 6.07 Å². The quantitative estimate of drug-likeness (QED) is 0.655. The van der Waals surface area contributed by atoms with Crippen molar-refractivity contribution >= 4 is 17.5 Å². The summed E-state index contributed by atoms with van der Waals surface area (Å²) in [6.45, 7) is 0.859. The number of hydrogen-bond donors (Lipinski definition) is 1. The van der Waals surface area contributed by atoms with E-state index in [0.717, 1.165) is 6.42 Å². The highest BCUT2D eigenvalue weighted by Gasteiger charge is 2.27. The molecule has 1 aromatic carbocycles. The van der Waals surface area contributed by atoms with Gasteiger partial charge in [0.15, 0.2) is 0 Å². The Morgan fingerprint density at radius 2 is 2.10 bits per heavy atom. The molecule has 1 fully saturated rings. The molecule has 1 heterocycles. The average Bonchev–Trinajstić information content (AvgIpc) is 2.47. The molecular formula is C14H17N3O4. The summed E-state index contributed by atoms with van der Waals surface area (Å²) in [5.74, 6) is -0.943. The van der Waals surface area contributed by atoms with Crippen molar-refractivity contribution in [3.63, 3.8) is 0 Å². The van der Waals surface area contributed by atoms with Gasteiger partial charge in [0.1, 0.15) is 0 Å². The predicted molar refractivity (Wildman–Crippen MR) is 75.3 cm³/mol. The third-order valence-corrected chi connectivity index (χ3v) is 3.71. The Morgan fingerprint density at radius 3 is 2.76 bits per heavy atom. The molecule has 1 aromatic rings. The molecule has 2 N–H and O–H groups in total. The Balaban J connectivity index is 2.08. The van der Waals surface area contributed by atoms with E-state index in [2.05, 4.69) is 0 Å². The minimum atomic E-state index is -0.495. The number of nitro benzene ring substituents is 1. The summed E-state index contributed by atoms with van der Waals surface area (Å²) in [6.07, 6.45) is 1.36. The molecule has 0 aromatic heterocycles. The zero-order chi connectivity index (χ0) is 15.4. The summed E-state index contributed by atoms with van der Waals surface area (Å²) < 4.78 is 0. The molecule has 0 radical (unpaired) electrons. The van der Waals surface area contributed by atoms with Crippen LogP contribution in [0.1, 0.15) is 18.4 Å². The Morgan fingerprint density at radius 1 is 1.38 bits per heavy atom. The van der Waals surface area contributed by atoms with Gasteiger partial charge in [-0.15, -0.1) is 0 Å². The van der Waals surface area contributed by atoms with Crippen LogP contribution in [0.4, 0.5) is 5.69 Å². The number of carbonyl (C=O) groups excluding carboxylic acids is 2. The highest BCUT2D eigenvalue weighted by Crippen LogP contribution is 2.21. The van der Waals surface area contributed by atoms with Crippen LogP contribution >= 0.6 is 0 Å². The molecule has 21 heavy (non-hydrogen) atoms. The van der Waals surface area contributed by atoms with Gasteiger partial charge in [-0.25, -0.2) is 0 Å². The van der Waals surface area contributed by atoms with Gasteiger partial charge < -0.3 is 10.6 Å². The fourth-order valence-electron chi connectivity index (χ4n) is 2.55. The van der Waals surface area contributed by atoms with Crippen LogP contribution in [0.3, 0.4) is 0 Å². The van der Waals surface area contributed by atoms with Crippen molar-refractivity contribution in [2.24, 2.45) is 11.7 Å². The summed E-state index contributed by atoms with van der Waals surface area (Å²) in [5.41, 5.74) is 5.60. The van der Waals surface area contributed by atoms with E-state index in [1.54, 1.807) is 23.1 Å². The molecule has 1 unspecified atom stereocenters. The second kappa shape index (κ2) is 6.34. The van der Waals surface area contributed by atoms with E-state index in [4.69, 9.17) is 5.73 Å². The average molecular weight is 291 g/mol. The number of carbonyl (C=O) groups is 2. The molecule has 1 aliphatic rings. The summed E-state index contributed by atoms with van der Waals surface area (Å²) in [6, 6.07) is 6.19. The van der Waals surface area contributed by atoms with Gasteiger partial charge in [-0.3, -0.25) is 19.7 Å². The lowest BCUT2D eigenvalue weighted by Gasteiger charge is -2.31. The minimum absolute atomic E-state index is 0.0391. The van der Waals surface area contributed by atoms with E-state index >= 15 is 0 Å². The molecule has 0 spiro atoms. The van der Waals surface area contributed by atoms with Crippen molar-refractivity contribution < 1.29 is 14.5 Å². The SMILES string of the molecule is NC(=O)C1CCCN(C(=O)Cc2ccccc2[N+](=O)[O-])C1. The molecule has 7 nitrogen and oxygen atoms in total. The van der Waals surface area contributed by atoms with Gasteiger partial charge in [0, 0.05) is 24.7 Å². The largest absolute Gasteiger partial charge is 0.369 e. The Hall–Kier alpha value is -2.44. The van der Waals surface area contributed by atoms with E-state index in [9.17, 15) is 19.7 Å². The molecule has 112 valence electrons. The van der Waals surface area contributed by atoms with Gasteiger partial charge >= 0.3 is 0 Å². The standard InChI is InChI=1S/C14H17N3O4/c15-14(19)11-5-3-7-16(9-11)13(18)8-10-4-1-2-6-12(10)17(20)21/h1-2,4,6,11H,3,5,7-9H2,(H2,15,19). The third-order valence-electron chi connectivity index (χ3n) is 3.71. The molecule has 1 saturated heterocycles. The maximum atomic E-state index is 12.3. The van der Waals surface area contributed by atoms with Crippen LogP contribution in [0, 0.1) is 16.0 Å². The summed E-state index contributed by atoms with van der Waals surface area (Å²) in [5, 5.41) is 10.9. The van der Waals surface area contributed by atoms with Crippen LogP contribution in [0.2, 0.25) is 0 Å². The maximum absolute atomic E-state index is 12.3. The number of amides is 2. The Labute approximate surface area is 121 Å². The molecular weight excluding hydrogens is 274 g/mol.